The van der Waals surface area contributed by atoms with E-state index in [9.17, 15) is 18.3 Å². The number of rotatable bonds is 5. The molecule has 1 unspecified atom stereocenters. The topological polar surface area (TPSA) is 95.9 Å². The van der Waals surface area contributed by atoms with Crippen molar-refractivity contribution in [3.05, 3.63) is 29.8 Å². The molecule has 0 bridgehead atoms. The summed E-state index contributed by atoms with van der Waals surface area (Å²) in [5.74, 6) is -0.444. The summed E-state index contributed by atoms with van der Waals surface area (Å²) >= 11 is 0. The van der Waals surface area contributed by atoms with Crippen molar-refractivity contribution in [3.8, 4) is 0 Å². The molecule has 1 fully saturated rings. The fourth-order valence-corrected chi connectivity index (χ4v) is 3.74. The summed E-state index contributed by atoms with van der Waals surface area (Å²) in [6.07, 6.45) is 0. The fourth-order valence-electron chi connectivity index (χ4n) is 2.56. The molecular weight excluding hydrogens is 344 g/mol. The average Bonchev–Trinajstić information content (AvgIpc) is 2.59. The fraction of sp³-hybridized carbons (Fsp3) is 0.588. The van der Waals surface area contributed by atoms with Gasteiger partial charge in [-0.15, -0.1) is 0 Å². The number of ether oxygens (including phenoxy) is 1. The molecule has 0 aliphatic carbocycles. The molecule has 1 aromatic rings. The maximum Gasteiger partial charge on any atom is 0.243 e. The SMILES string of the molecule is CC(C)(C)c1ccc(S(=O)(=O)NC(CO)C(=O)N2CCOCC2)cc1. The van der Waals surface area contributed by atoms with Gasteiger partial charge < -0.3 is 14.7 Å². The van der Waals surface area contributed by atoms with Gasteiger partial charge in [-0.3, -0.25) is 4.79 Å². The lowest BCUT2D eigenvalue weighted by Gasteiger charge is -2.30. The molecule has 1 atom stereocenters. The molecule has 2 rings (SSSR count). The monoisotopic (exact) mass is 370 g/mol. The molecule has 1 amide bonds. The van der Waals surface area contributed by atoms with Crippen molar-refractivity contribution >= 4 is 15.9 Å². The first-order chi connectivity index (χ1) is 11.6. The van der Waals surface area contributed by atoms with Gasteiger partial charge in [0, 0.05) is 13.1 Å². The van der Waals surface area contributed by atoms with Gasteiger partial charge in [0.05, 0.1) is 24.7 Å². The van der Waals surface area contributed by atoms with E-state index in [-0.39, 0.29) is 10.3 Å². The second-order valence-corrected chi connectivity index (χ2v) is 8.78. The van der Waals surface area contributed by atoms with Crippen molar-refractivity contribution in [2.75, 3.05) is 32.9 Å². The normalized spacial score (nSPS) is 17.4. The number of nitrogens with zero attached hydrogens (tertiary/aromatic N) is 1. The van der Waals surface area contributed by atoms with Gasteiger partial charge in [-0.1, -0.05) is 32.9 Å². The Bertz CT molecular complexity index is 689. The van der Waals surface area contributed by atoms with Crippen molar-refractivity contribution in [2.45, 2.75) is 37.1 Å². The molecular formula is C17H26N2O5S. The summed E-state index contributed by atoms with van der Waals surface area (Å²) in [5, 5.41) is 9.48. The minimum absolute atomic E-state index is 0.0636. The summed E-state index contributed by atoms with van der Waals surface area (Å²) in [6, 6.07) is 5.33. The Morgan fingerprint density at radius 3 is 2.28 bits per heavy atom. The highest BCUT2D eigenvalue weighted by Gasteiger charge is 2.29. The number of aliphatic hydroxyl groups excluding tert-OH is 1. The molecule has 2 N–H and O–H groups in total. The van der Waals surface area contributed by atoms with Crippen molar-refractivity contribution in [1.29, 1.82) is 0 Å². The summed E-state index contributed by atoms with van der Waals surface area (Å²) in [6.45, 7) is 7.10. The first-order valence-corrected chi connectivity index (χ1v) is 9.74. The molecule has 1 aromatic carbocycles. The quantitative estimate of drug-likeness (QED) is 0.786. The summed E-state index contributed by atoms with van der Waals surface area (Å²) in [5.41, 5.74) is 0.921. The molecule has 0 radical (unpaired) electrons. The number of benzene rings is 1. The number of amides is 1. The molecule has 1 saturated heterocycles. The van der Waals surface area contributed by atoms with Gasteiger partial charge in [0.15, 0.2) is 0 Å². The van der Waals surface area contributed by atoms with Gasteiger partial charge >= 0.3 is 0 Å². The number of carbonyl (C=O) groups excluding carboxylic acids is 1. The van der Waals surface area contributed by atoms with E-state index >= 15 is 0 Å². The van der Waals surface area contributed by atoms with Crippen LogP contribution in [0.1, 0.15) is 26.3 Å². The van der Waals surface area contributed by atoms with Crippen LogP contribution in [-0.2, 0) is 25.0 Å². The lowest BCUT2D eigenvalue weighted by Crippen LogP contribution is -2.53. The third kappa shape index (κ3) is 5.01. The van der Waals surface area contributed by atoms with Gasteiger partial charge in [-0.2, -0.15) is 4.72 Å². The zero-order valence-corrected chi connectivity index (χ0v) is 15.7. The average molecular weight is 370 g/mol. The summed E-state index contributed by atoms with van der Waals surface area (Å²) in [7, 11) is -3.91. The largest absolute Gasteiger partial charge is 0.394 e. The molecule has 0 aromatic heterocycles. The Kier molecular flexibility index (Phi) is 6.21. The smallest absolute Gasteiger partial charge is 0.243 e. The standard InChI is InChI=1S/C17H26N2O5S/c1-17(2,3)13-4-6-14(7-5-13)25(22,23)18-15(12-20)16(21)19-8-10-24-11-9-19/h4-7,15,18,20H,8-12H2,1-3H3. The molecule has 7 nitrogen and oxygen atoms in total. The van der Waals surface area contributed by atoms with Crippen LogP contribution in [0.25, 0.3) is 0 Å². The van der Waals surface area contributed by atoms with E-state index in [1.807, 2.05) is 20.8 Å². The van der Waals surface area contributed by atoms with Crippen molar-refractivity contribution in [3.63, 3.8) is 0 Å². The Morgan fingerprint density at radius 2 is 1.80 bits per heavy atom. The first-order valence-electron chi connectivity index (χ1n) is 8.25. The number of aliphatic hydroxyl groups is 1. The van der Waals surface area contributed by atoms with E-state index < -0.39 is 28.6 Å². The Morgan fingerprint density at radius 1 is 1.24 bits per heavy atom. The van der Waals surface area contributed by atoms with Crippen LogP contribution in [0.4, 0.5) is 0 Å². The van der Waals surface area contributed by atoms with Crippen LogP contribution in [0.5, 0.6) is 0 Å². The molecule has 140 valence electrons. The summed E-state index contributed by atoms with van der Waals surface area (Å²) in [4.78, 5) is 14.0. The second kappa shape index (κ2) is 7.82. The number of hydrogen-bond acceptors (Lipinski definition) is 5. The number of sulfonamides is 1. The zero-order valence-electron chi connectivity index (χ0n) is 14.9. The van der Waals surface area contributed by atoms with Crippen molar-refractivity contribution in [2.24, 2.45) is 0 Å². The minimum Gasteiger partial charge on any atom is -0.394 e. The van der Waals surface area contributed by atoms with Crippen LogP contribution in [0.2, 0.25) is 0 Å². The van der Waals surface area contributed by atoms with Gasteiger partial charge in [0.2, 0.25) is 15.9 Å². The third-order valence-electron chi connectivity index (χ3n) is 4.13. The lowest BCUT2D eigenvalue weighted by molar-refractivity contribution is -0.138. The molecule has 1 aliphatic heterocycles. The number of carbonyl (C=O) groups is 1. The highest BCUT2D eigenvalue weighted by molar-refractivity contribution is 7.89. The van der Waals surface area contributed by atoms with E-state index in [0.29, 0.717) is 26.3 Å². The van der Waals surface area contributed by atoms with Gasteiger partial charge in [-0.25, -0.2) is 8.42 Å². The Hall–Kier alpha value is -1.48. The van der Waals surface area contributed by atoms with Crippen LogP contribution in [0.3, 0.4) is 0 Å². The van der Waals surface area contributed by atoms with E-state index in [1.165, 1.54) is 17.0 Å². The Balaban J connectivity index is 2.13. The van der Waals surface area contributed by atoms with E-state index in [1.54, 1.807) is 12.1 Å². The first kappa shape index (κ1) is 19.8. The molecule has 8 heteroatoms. The van der Waals surface area contributed by atoms with Gasteiger partial charge in [0.1, 0.15) is 6.04 Å². The number of nitrogens with one attached hydrogen (secondary N) is 1. The van der Waals surface area contributed by atoms with Crippen molar-refractivity contribution in [1.82, 2.24) is 9.62 Å². The summed E-state index contributed by atoms with van der Waals surface area (Å²) < 4.78 is 32.5. The minimum atomic E-state index is -3.91. The second-order valence-electron chi connectivity index (χ2n) is 7.07. The zero-order chi connectivity index (χ0) is 18.7. The molecule has 0 spiro atoms. The molecule has 1 heterocycles. The predicted octanol–water partition coefficient (Wildman–Crippen LogP) is 0.482. The van der Waals surface area contributed by atoms with Gasteiger partial charge in [-0.05, 0) is 23.1 Å². The molecule has 0 saturated carbocycles. The van der Waals surface area contributed by atoms with Crippen LogP contribution in [0.15, 0.2) is 29.2 Å². The van der Waals surface area contributed by atoms with Crippen LogP contribution in [-0.4, -0.2) is 63.3 Å². The lowest BCUT2D eigenvalue weighted by atomic mass is 9.87. The third-order valence-corrected chi connectivity index (χ3v) is 5.62. The highest BCUT2D eigenvalue weighted by Crippen LogP contribution is 2.23. The maximum atomic E-state index is 12.5. The van der Waals surface area contributed by atoms with E-state index in [4.69, 9.17) is 4.74 Å². The van der Waals surface area contributed by atoms with E-state index in [0.717, 1.165) is 5.56 Å². The molecule has 1 aliphatic rings. The number of hydrogen-bond donors (Lipinski definition) is 2. The van der Waals surface area contributed by atoms with Crippen LogP contribution in [0, 0.1) is 0 Å². The van der Waals surface area contributed by atoms with Gasteiger partial charge in [0.25, 0.3) is 0 Å². The molecule has 25 heavy (non-hydrogen) atoms. The van der Waals surface area contributed by atoms with Crippen molar-refractivity contribution < 1.29 is 23.1 Å². The highest BCUT2D eigenvalue weighted by atomic mass is 32.2. The number of morpholine rings is 1. The van der Waals surface area contributed by atoms with Crippen LogP contribution < -0.4 is 4.72 Å². The Labute approximate surface area is 149 Å². The van der Waals surface area contributed by atoms with Crippen LogP contribution >= 0.6 is 0 Å². The predicted molar refractivity (Wildman–Crippen MR) is 93.7 cm³/mol. The van der Waals surface area contributed by atoms with E-state index in [2.05, 4.69) is 4.72 Å². The maximum absolute atomic E-state index is 12.5.